The number of carbonyl (C=O) groups excluding carboxylic acids is 5. The lowest BCUT2D eigenvalue weighted by molar-refractivity contribution is -0.142. The number of ether oxygens (including phenoxy) is 5. The van der Waals surface area contributed by atoms with Crippen molar-refractivity contribution < 1.29 is 67.5 Å². The van der Waals surface area contributed by atoms with E-state index < -0.39 is 24.1 Å². The molecule has 1 aromatic heterocycles. The second kappa shape index (κ2) is 42.6. The third-order valence-corrected chi connectivity index (χ3v) is 10.3. The molecule has 1 rings (SSSR count). The normalized spacial score (nSPS) is 11.5. The fourth-order valence-electron chi connectivity index (χ4n) is 6.50. The number of carboxylic acid groups (broad SMARTS) is 2. The first-order chi connectivity index (χ1) is 32.5. The zero-order valence-corrected chi connectivity index (χ0v) is 40.0. The van der Waals surface area contributed by atoms with E-state index in [2.05, 4.69) is 38.5 Å². The molecule has 1 aromatic rings. The van der Waals surface area contributed by atoms with Crippen molar-refractivity contribution in [2.24, 2.45) is 0 Å². The summed E-state index contributed by atoms with van der Waals surface area (Å²) in [6, 6.07) is -1.15. The Morgan fingerprint density at radius 3 is 1.85 bits per heavy atom. The van der Waals surface area contributed by atoms with Gasteiger partial charge in [-0.2, -0.15) is 0 Å². The lowest BCUT2D eigenvalue weighted by Gasteiger charge is -2.14. The van der Waals surface area contributed by atoms with E-state index in [1.165, 1.54) is 19.3 Å². The largest absolute Gasteiger partial charge is 0.481 e. The van der Waals surface area contributed by atoms with Crippen LogP contribution in [0.3, 0.4) is 0 Å². The molecule has 0 aliphatic rings. The Kier molecular flexibility index (Phi) is 38.3. The zero-order valence-electron chi connectivity index (χ0n) is 40.0. The fourth-order valence-corrected chi connectivity index (χ4v) is 6.50. The summed E-state index contributed by atoms with van der Waals surface area (Å²) in [5.41, 5.74) is 0.675. The van der Waals surface area contributed by atoms with Crippen LogP contribution in [0.2, 0.25) is 0 Å². The summed E-state index contributed by atoms with van der Waals surface area (Å²) in [6.07, 6.45) is 18.3. The van der Waals surface area contributed by atoms with Crippen LogP contribution in [0.4, 0.5) is 4.79 Å². The van der Waals surface area contributed by atoms with Crippen LogP contribution in [0.15, 0.2) is 6.20 Å². The highest BCUT2D eigenvalue weighted by Gasteiger charge is 2.21. The molecule has 67 heavy (non-hydrogen) atoms. The molecule has 0 spiro atoms. The molecular formula is C46H81N7O14. The molecule has 1 atom stereocenters. The van der Waals surface area contributed by atoms with Crippen LogP contribution >= 0.6 is 0 Å². The van der Waals surface area contributed by atoms with Gasteiger partial charge in [0.25, 0.3) is 0 Å². The Morgan fingerprint density at radius 1 is 0.582 bits per heavy atom. The number of alkyl carbamates (subject to hydrolysis) is 1. The van der Waals surface area contributed by atoms with Gasteiger partial charge in [-0.15, -0.1) is 5.10 Å². The van der Waals surface area contributed by atoms with Crippen molar-refractivity contribution >= 4 is 41.5 Å². The highest BCUT2D eigenvalue weighted by atomic mass is 16.5. The molecule has 21 heteroatoms. The maximum atomic E-state index is 12.3. The van der Waals surface area contributed by atoms with Gasteiger partial charge >= 0.3 is 18.0 Å². The van der Waals surface area contributed by atoms with Gasteiger partial charge in [0.05, 0.1) is 51.9 Å². The molecule has 0 aliphatic carbocycles. The van der Waals surface area contributed by atoms with E-state index in [0.717, 1.165) is 70.6 Å². The quantitative estimate of drug-likeness (QED) is 0.0497. The summed E-state index contributed by atoms with van der Waals surface area (Å²) in [6.45, 7) is 5.12. The molecule has 4 amide bonds. The number of unbranched alkanes of at least 4 members (excludes halogenated alkanes) is 13. The Morgan fingerprint density at radius 2 is 1.19 bits per heavy atom. The molecule has 0 saturated carbocycles. The predicted octanol–water partition coefficient (Wildman–Crippen LogP) is 4.28. The van der Waals surface area contributed by atoms with Crippen molar-refractivity contribution in [3.8, 4) is 0 Å². The van der Waals surface area contributed by atoms with Gasteiger partial charge in [0.15, 0.2) is 5.78 Å². The van der Waals surface area contributed by atoms with E-state index in [1.807, 2.05) is 0 Å². The van der Waals surface area contributed by atoms with Gasteiger partial charge in [0, 0.05) is 64.5 Å². The van der Waals surface area contributed by atoms with Gasteiger partial charge in [-0.05, 0) is 32.1 Å². The van der Waals surface area contributed by atoms with E-state index in [0.29, 0.717) is 51.2 Å². The number of aliphatic carboxylic acids is 2. The maximum Gasteiger partial charge on any atom is 0.407 e. The number of hydrogen-bond acceptors (Lipinski definition) is 14. The second-order valence-corrected chi connectivity index (χ2v) is 16.3. The number of carbonyl (C=O) groups is 7. The average molecular weight is 956 g/mol. The van der Waals surface area contributed by atoms with Gasteiger partial charge in [-0.1, -0.05) is 89.2 Å². The van der Waals surface area contributed by atoms with Gasteiger partial charge in [0.2, 0.25) is 17.7 Å². The zero-order chi connectivity index (χ0) is 49.0. The number of rotatable bonds is 47. The molecule has 0 aliphatic heterocycles. The van der Waals surface area contributed by atoms with E-state index in [9.17, 15) is 38.7 Å². The van der Waals surface area contributed by atoms with E-state index in [-0.39, 0.29) is 115 Å². The highest BCUT2D eigenvalue weighted by molar-refractivity contribution is 5.84. The van der Waals surface area contributed by atoms with Gasteiger partial charge in [-0.3, -0.25) is 28.7 Å². The first-order valence-corrected chi connectivity index (χ1v) is 24.4. The summed E-state index contributed by atoms with van der Waals surface area (Å²) < 4.78 is 28.3. The minimum atomic E-state index is -1.19. The van der Waals surface area contributed by atoms with Gasteiger partial charge in [-0.25, -0.2) is 9.59 Å². The van der Waals surface area contributed by atoms with Crippen LogP contribution in [-0.2, 0) is 65.4 Å². The summed E-state index contributed by atoms with van der Waals surface area (Å²) in [5, 5.41) is 36.9. The molecule has 21 nitrogen and oxygen atoms in total. The molecule has 0 bridgehead atoms. The predicted molar refractivity (Wildman–Crippen MR) is 247 cm³/mol. The number of hydrogen-bond donors (Lipinski definition) is 6. The number of ketones is 1. The van der Waals surface area contributed by atoms with Crippen LogP contribution in [0.1, 0.15) is 147 Å². The number of amides is 4. The molecule has 0 saturated heterocycles. The minimum Gasteiger partial charge on any atom is -0.481 e. The van der Waals surface area contributed by atoms with Crippen molar-refractivity contribution in [3.63, 3.8) is 0 Å². The second-order valence-electron chi connectivity index (χ2n) is 16.3. The number of aromatic nitrogens is 3. The first-order valence-electron chi connectivity index (χ1n) is 24.4. The molecule has 6 N–H and O–H groups in total. The topological polar surface area (TPSA) is 285 Å². The molecule has 0 fully saturated rings. The summed E-state index contributed by atoms with van der Waals surface area (Å²) in [7, 11) is 0. The smallest absolute Gasteiger partial charge is 0.407 e. The monoisotopic (exact) mass is 956 g/mol. The average Bonchev–Trinajstić information content (AvgIpc) is 3.75. The minimum absolute atomic E-state index is 0.0304. The summed E-state index contributed by atoms with van der Waals surface area (Å²) in [5.74, 6) is -2.97. The number of nitrogens with zero attached hydrogens (tertiary/aromatic N) is 3. The lowest BCUT2D eigenvalue weighted by Crippen LogP contribution is -2.41. The Labute approximate surface area is 396 Å². The van der Waals surface area contributed by atoms with E-state index in [4.69, 9.17) is 28.8 Å². The van der Waals surface area contributed by atoms with Crippen LogP contribution in [0.5, 0.6) is 0 Å². The third kappa shape index (κ3) is 39.0. The lowest BCUT2D eigenvalue weighted by atomic mass is 10.0. The summed E-state index contributed by atoms with van der Waals surface area (Å²) >= 11 is 0. The molecular weight excluding hydrogens is 875 g/mol. The van der Waals surface area contributed by atoms with Crippen LogP contribution < -0.4 is 21.3 Å². The third-order valence-electron chi connectivity index (χ3n) is 10.3. The Bertz CT molecular complexity index is 1500. The van der Waals surface area contributed by atoms with E-state index >= 15 is 0 Å². The van der Waals surface area contributed by atoms with Gasteiger partial charge < -0.3 is 55.2 Å². The van der Waals surface area contributed by atoms with Crippen molar-refractivity contribution in [2.75, 3.05) is 79.1 Å². The van der Waals surface area contributed by atoms with Gasteiger partial charge in [0.1, 0.15) is 19.3 Å². The SMILES string of the molecule is CCCCCNC(=O)OCCc1cn(CCNC(=O)COCCOCCCC(=O)COCCOCCNC(=O)CCC(NC(=O)CCCCCCCCCCCCCCC(=O)O)C(=O)O)nn1. The number of carboxylic acids is 2. The molecule has 384 valence electrons. The Balaban J connectivity index is 1.92. The molecule has 1 heterocycles. The van der Waals surface area contributed by atoms with Crippen LogP contribution in [-0.4, -0.2) is 152 Å². The molecule has 0 aromatic carbocycles. The Hall–Kier alpha value is -4.73. The van der Waals surface area contributed by atoms with Crippen LogP contribution in [0, 0.1) is 0 Å². The molecule has 1 unspecified atom stereocenters. The molecule has 0 radical (unpaired) electrons. The fraction of sp³-hybridized carbons (Fsp3) is 0.804. The van der Waals surface area contributed by atoms with Crippen LogP contribution in [0.25, 0.3) is 0 Å². The van der Waals surface area contributed by atoms with Crippen molar-refractivity contribution in [3.05, 3.63) is 11.9 Å². The number of Topliss-reactive ketones (excluding diaryl/α,β-unsaturated/α-hetero) is 1. The first kappa shape index (κ1) is 60.3. The number of nitrogens with one attached hydrogen (secondary N) is 4. The van der Waals surface area contributed by atoms with E-state index in [1.54, 1.807) is 10.9 Å². The van der Waals surface area contributed by atoms with Crippen molar-refractivity contribution in [1.29, 1.82) is 0 Å². The highest BCUT2D eigenvalue weighted by Crippen LogP contribution is 2.13. The van der Waals surface area contributed by atoms with Crippen molar-refractivity contribution in [1.82, 2.24) is 36.3 Å². The van der Waals surface area contributed by atoms with Crippen molar-refractivity contribution in [2.45, 2.75) is 161 Å². The summed E-state index contributed by atoms with van der Waals surface area (Å²) in [4.78, 5) is 82.5. The standard InChI is InChI=1S/C46H81N7O14/c1-2-3-16-24-49-46(62)67-29-23-38-35-53(52-51-38)27-25-47-43(57)37-66-34-31-63-28-17-18-39(54)36-65-33-32-64-30-26-48-41(55)22-21-40(45(60)61)50-42(56)19-14-12-10-8-6-4-5-7-9-11-13-15-20-44(58)59/h35,40H,2-34,36-37H2,1H3,(H,47,57)(H,48,55)(H,49,62)(H,50,56)(H,58,59)(H,60,61). The maximum absolute atomic E-state index is 12.3.